The van der Waals surface area contributed by atoms with E-state index in [1.165, 1.54) is 17.2 Å². The van der Waals surface area contributed by atoms with Crippen LogP contribution >= 0.6 is 0 Å². The Morgan fingerprint density at radius 3 is 2.55 bits per heavy atom. The molecule has 0 bridgehead atoms. The number of aromatic nitrogens is 2. The topological polar surface area (TPSA) is 70.5 Å². The van der Waals surface area contributed by atoms with Gasteiger partial charge in [0.1, 0.15) is 5.82 Å². The van der Waals surface area contributed by atoms with Crippen LogP contribution in [0.5, 0.6) is 0 Å². The molecule has 1 unspecified atom stereocenters. The summed E-state index contributed by atoms with van der Waals surface area (Å²) < 4.78 is 1.76. The van der Waals surface area contributed by atoms with Crippen LogP contribution in [0.15, 0.2) is 66.1 Å². The molecule has 2 aromatic heterocycles. The maximum Gasteiger partial charge on any atom is 0.251 e. The molecule has 1 fully saturated rings. The van der Waals surface area contributed by atoms with Crippen LogP contribution in [0.4, 0.5) is 5.82 Å². The molecule has 4 rings (SSSR count). The largest absolute Gasteiger partial charge is 0.363 e. The second kappa shape index (κ2) is 10.0. The summed E-state index contributed by atoms with van der Waals surface area (Å²) in [7, 11) is 0. The Balaban J connectivity index is 1.39. The first-order valence-electron chi connectivity index (χ1n) is 11.5. The van der Waals surface area contributed by atoms with Gasteiger partial charge in [0.05, 0.1) is 5.52 Å². The van der Waals surface area contributed by atoms with Crippen LogP contribution in [0.2, 0.25) is 0 Å². The van der Waals surface area contributed by atoms with Crippen LogP contribution in [0.25, 0.3) is 10.9 Å². The smallest absolute Gasteiger partial charge is 0.251 e. The van der Waals surface area contributed by atoms with E-state index >= 15 is 0 Å². The molecule has 1 aliphatic heterocycles. The Morgan fingerprint density at radius 2 is 1.88 bits per heavy atom. The molecule has 0 spiro atoms. The van der Waals surface area contributed by atoms with Crippen molar-refractivity contribution in [1.29, 1.82) is 0 Å². The van der Waals surface area contributed by atoms with E-state index in [-0.39, 0.29) is 17.5 Å². The Kier molecular flexibility index (Phi) is 6.89. The summed E-state index contributed by atoms with van der Waals surface area (Å²) in [6, 6.07) is 14.0. The fourth-order valence-corrected chi connectivity index (χ4v) is 4.32. The zero-order valence-electron chi connectivity index (χ0n) is 19.3. The van der Waals surface area contributed by atoms with Gasteiger partial charge in [0.25, 0.3) is 5.56 Å². The zero-order valence-corrected chi connectivity index (χ0v) is 19.3. The molecule has 0 aliphatic carbocycles. The van der Waals surface area contributed by atoms with E-state index < -0.39 is 0 Å². The van der Waals surface area contributed by atoms with Gasteiger partial charge in [-0.05, 0) is 37.1 Å². The van der Waals surface area contributed by atoms with Crippen molar-refractivity contribution in [3.8, 4) is 0 Å². The first-order chi connectivity index (χ1) is 16.0. The minimum absolute atomic E-state index is 0.000458. The zero-order chi connectivity index (χ0) is 23.4. The van der Waals surface area contributed by atoms with Crippen LogP contribution < -0.4 is 10.9 Å². The van der Waals surface area contributed by atoms with Crippen molar-refractivity contribution >= 4 is 22.6 Å². The summed E-state index contributed by atoms with van der Waals surface area (Å²) in [5, 5.41) is 4.41. The average molecular weight is 446 g/mol. The van der Waals surface area contributed by atoms with Gasteiger partial charge in [-0.1, -0.05) is 30.8 Å². The molecule has 1 aromatic carbocycles. The van der Waals surface area contributed by atoms with Crippen LogP contribution in [0.3, 0.4) is 0 Å². The van der Waals surface area contributed by atoms with Gasteiger partial charge in [-0.25, -0.2) is 4.98 Å². The highest BCUT2D eigenvalue weighted by atomic mass is 16.2. The Labute approximate surface area is 194 Å². The monoisotopic (exact) mass is 445 g/mol. The summed E-state index contributed by atoms with van der Waals surface area (Å²) in [5.41, 5.74) is 3.31. The third kappa shape index (κ3) is 5.14. The summed E-state index contributed by atoms with van der Waals surface area (Å²) >= 11 is 0. The van der Waals surface area contributed by atoms with Crippen LogP contribution in [0, 0.1) is 0 Å². The van der Waals surface area contributed by atoms with E-state index in [0.717, 1.165) is 49.4 Å². The first-order valence-corrected chi connectivity index (χ1v) is 11.5. The van der Waals surface area contributed by atoms with E-state index in [0.29, 0.717) is 6.54 Å². The van der Waals surface area contributed by atoms with Gasteiger partial charge in [0, 0.05) is 69.0 Å². The molecule has 7 heteroatoms. The molecular formula is C26H31N5O2. The van der Waals surface area contributed by atoms with Gasteiger partial charge in [-0.3, -0.25) is 14.5 Å². The highest BCUT2D eigenvalue weighted by molar-refractivity contribution is 5.87. The van der Waals surface area contributed by atoms with Crippen molar-refractivity contribution in [3.63, 3.8) is 0 Å². The minimum Gasteiger partial charge on any atom is -0.363 e. The number of carbonyl (C=O) groups is 1. The molecule has 172 valence electrons. The number of aryl methyl sites for hydroxylation is 1. The van der Waals surface area contributed by atoms with Crippen molar-refractivity contribution in [3.05, 3.63) is 82.8 Å². The average Bonchev–Trinajstić information content (AvgIpc) is 2.84. The van der Waals surface area contributed by atoms with Gasteiger partial charge >= 0.3 is 0 Å². The Hall–Kier alpha value is -3.45. The second-order valence-electron chi connectivity index (χ2n) is 8.46. The number of hydrogen-bond acceptors (Lipinski definition) is 5. The van der Waals surface area contributed by atoms with Crippen LogP contribution in [0.1, 0.15) is 31.0 Å². The van der Waals surface area contributed by atoms with Gasteiger partial charge < -0.3 is 14.8 Å². The quantitative estimate of drug-likeness (QED) is 0.565. The van der Waals surface area contributed by atoms with E-state index in [4.69, 9.17) is 0 Å². The molecular weight excluding hydrogens is 414 g/mol. The second-order valence-corrected chi connectivity index (χ2v) is 8.46. The standard InChI is InChI=1S/C26H31N5O2/c1-4-25(32)30-14-12-29(13-15-30)18-20-6-8-21(9-7-20)19(3)28-24-16-23-22(17-27-24)10-11-26(33)31(23)5-2/h4,6-11,16-17,19H,1,5,12-15,18H2,2-3H3,(H,27,28). The number of hydrogen-bond donors (Lipinski definition) is 1. The summed E-state index contributed by atoms with van der Waals surface area (Å²) in [6.07, 6.45) is 3.20. The Morgan fingerprint density at radius 1 is 1.15 bits per heavy atom. The molecule has 1 aliphatic rings. The normalized spacial score (nSPS) is 15.4. The fourth-order valence-electron chi connectivity index (χ4n) is 4.32. The summed E-state index contributed by atoms with van der Waals surface area (Å²) in [5.74, 6) is 0.762. The van der Waals surface area contributed by atoms with Crippen molar-refractivity contribution in [1.82, 2.24) is 19.4 Å². The molecule has 0 radical (unpaired) electrons. The van der Waals surface area contributed by atoms with Gasteiger partial charge in [-0.15, -0.1) is 0 Å². The number of pyridine rings is 2. The SMILES string of the molecule is C=CC(=O)N1CCN(Cc2ccc(C(C)Nc3cc4c(ccc(=O)n4CC)cn3)cc2)CC1. The maximum atomic E-state index is 12.2. The lowest BCUT2D eigenvalue weighted by molar-refractivity contribution is -0.127. The molecule has 1 amide bonds. The van der Waals surface area contributed by atoms with E-state index in [9.17, 15) is 9.59 Å². The number of benzene rings is 1. The number of amides is 1. The van der Waals surface area contributed by atoms with Crippen LogP contribution in [-0.2, 0) is 17.9 Å². The molecule has 0 saturated carbocycles. The number of piperazine rings is 1. The summed E-state index contributed by atoms with van der Waals surface area (Å²) in [6.45, 7) is 12.4. The van der Waals surface area contributed by atoms with Crippen molar-refractivity contribution in [2.24, 2.45) is 0 Å². The van der Waals surface area contributed by atoms with Crippen molar-refractivity contribution in [2.45, 2.75) is 33.0 Å². The third-order valence-corrected chi connectivity index (χ3v) is 6.30. The third-order valence-electron chi connectivity index (χ3n) is 6.30. The van der Waals surface area contributed by atoms with Gasteiger partial charge in [0.2, 0.25) is 5.91 Å². The lowest BCUT2D eigenvalue weighted by Gasteiger charge is -2.34. The highest BCUT2D eigenvalue weighted by Crippen LogP contribution is 2.22. The van der Waals surface area contributed by atoms with Gasteiger partial charge in [0.15, 0.2) is 0 Å². The predicted molar refractivity (Wildman–Crippen MR) is 132 cm³/mol. The Bertz CT molecular complexity index is 1190. The first kappa shape index (κ1) is 22.7. The van der Waals surface area contributed by atoms with Crippen molar-refractivity contribution < 1.29 is 4.79 Å². The summed E-state index contributed by atoms with van der Waals surface area (Å²) in [4.78, 5) is 32.6. The highest BCUT2D eigenvalue weighted by Gasteiger charge is 2.19. The molecule has 33 heavy (non-hydrogen) atoms. The van der Waals surface area contributed by atoms with Gasteiger partial charge in [-0.2, -0.15) is 0 Å². The lowest BCUT2D eigenvalue weighted by Crippen LogP contribution is -2.47. The number of rotatable bonds is 7. The molecule has 1 atom stereocenters. The fraction of sp³-hybridized carbons (Fsp3) is 0.346. The van der Waals surface area contributed by atoms with E-state index in [1.807, 2.05) is 24.0 Å². The predicted octanol–water partition coefficient (Wildman–Crippen LogP) is 3.42. The molecule has 3 aromatic rings. The molecule has 1 N–H and O–H groups in total. The number of carbonyl (C=O) groups excluding carboxylic acids is 1. The minimum atomic E-state index is -0.000458. The number of nitrogens with one attached hydrogen (secondary N) is 1. The maximum absolute atomic E-state index is 12.2. The number of nitrogens with zero attached hydrogens (tertiary/aromatic N) is 4. The van der Waals surface area contributed by atoms with E-state index in [1.54, 1.807) is 16.8 Å². The number of anilines is 1. The molecule has 3 heterocycles. The van der Waals surface area contributed by atoms with Crippen molar-refractivity contribution in [2.75, 3.05) is 31.5 Å². The molecule has 7 nitrogen and oxygen atoms in total. The van der Waals surface area contributed by atoms with E-state index in [2.05, 4.69) is 53.0 Å². The lowest BCUT2D eigenvalue weighted by atomic mass is 10.1. The molecule has 1 saturated heterocycles. The van der Waals surface area contributed by atoms with Crippen LogP contribution in [-0.4, -0.2) is 51.4 Å². The number of fused-ring (bicyclic) bond motifs is 1.